The molecule has 0 radical (unpaired) electrons. The Morgan fingerprint density at radius 2 is 1.95 bits per heavy atom. The quantitative estimate of drug-likeness (QED) is 0.901. The second kappa shape index (κ2) is 6.37. The molecule has 0 bridgehead atoms. The molecule has 0 aliphatic heterocycles. The summed E-state index contributed by atoms with van der Waals surface area (Å²) in [5, 5.41) is 2.27. The van der Waals surface area contributed by atoms with E-state index in [1.165, 1.54) is 11.8 Å². The van der Waals surface area contributed by atoms with Crippen LogP contribution in [0.25, 0.3) is 0 Å². The third-order valence-corrected chi connectivity index (χ3v) is 4.18. The number of alkyl halides is 3. The molecule has 0 amide bonds. The lowest BCUT2D eigenvalue weighted by Crippen LogP contribution is -2.16. The van der Waals surface area contributed by atoms with Crippen LogP contribution in [0.5, 0.6) is 0 Å². The van der Waals surface area contributed by atoms with Crippen LogP contribution in [-0.4, -0.2) is 12.0 Å². The molecule has 0 saturated carbocycles. The van der Waals surface area contributed by atoms with Gasteiger partial charge in [0.25, 0.3) is 0 Å². The lowest BCUT2D eigenvalue weighted by atomic mass is 10.0. The molecule has 0 saturated heterocycles. The fraction of sp³-hybridized carbons (Fsp3) is 0.357. The largest absolute Gasteiger partial charge is 0.443 e. The second-order valence-corrected chi connectivity index (χ2v) is 5.49. The number of hydrogen-bond donors (Lipinski definition) is 1. The van der Waals surface area contributed by atoms with Gasteiger partial charge in [-0.15, -0.1) is 11.3 Å². The van der Waals surface area contributed by atoms with Crippen molar-refractivity contribution in [1.29, 1.82) is 0 Å². The number of nitrogens with zero attached hydrogens (tertiary/aromatic N) is 1. The van der Waals surface area contributed by atoms with Crippen LogP contribution in [0.2, 0.25) is 0 Å². The van der Waals surface area contributed by atoms with Gasteiger partial charge in [-0.25, -0.2) is 4.98 Å². The van der Waals surface area contributed by atoms with E-state index in [2.05, 4.69) is 10.3 Å². The molecular formula is C14H15F3N2S. The van der Waals surface area contributed by atoms with Crippen molar-refractivity contribution >= 4 is 11.3 Å². The molecule has 1 atom stereocenters. The Hall–Kier alpha value is -1.40. The van der Waals surface area contributed by atoms with Gasteiger partial charge in [-0.05, 0) is 25.5 Å². The average Bonchev–Trinajstić information content (AvgIpc) is 2.90. The molecule has 0 aliphatic rings. The van der Waals surface area contributed by atoms with Crippen LogP contribution in [0, 0.1) is 0 Å². The summed E-state index contributed by atoms with van der Waals surface area (Å²) in [4.78, 5) is 4.09. The molecule has 108 valence electrons. The Morgan fingerprint density at radius 1 is 1.25 bits per heavy atom. The summed E-state index contributed by atoms with van der Waals surface area (Å²) in [5.74, 6) is 0. The summed E-state index contributed by atoms with van der Waals surface area (Å²) in [6.45, 7) is 0. The van der Waals surface area contributed by atoms with Crippen molar-refractivity contribution in [3.63, 3.8) is 0 Å². The van der Waals surface area contributed by atoms with Crippen LogP contribution in [0.3, 0.4) is 0 Å². The predicted molar refractivity (Wildman–Crippen MR) is 73.7 cm³/mol. The van der Waals surface area contributed by atoms with Gasteiger partial charge < -0.3 is 5.32 Å². The normalized spacial score (nSPS) is 13.4. The molecule has 2 rings (SSSR count). The molecule has 20 heavy (non-hydrogen) atoms. The molecule has 2 aromatic rings. The third kappa shape index (κ3) is 3.80. The molecule has 0 aliphatic carbocycles. The minimum Gasteiger partial charge on any atom is -0.312 e. The monoisotopic (exact) mass is 300 g/mol. The SMILES string of the molecule is CNC(CCc1ccccc1)c1cnc(C(F)(F)F)s1. The Bertz CT molecular complexity index is 537. The third-order valence-electron chi connectivity index (χ3n) is 3.02. The van der Waals surface area contributed by atoms with E-state index in [-0.39, 0.29) is 6.04 Å². The highest BCUT2D eigenvalue weighted by molar-refractivity contribution is 7.11. The summed E-state index contributed by atoms with van der Waals surface area (Å²) in [7, 11) is 1.75. The van der Waals surface area contributed by atoms with Crippen LogP contribution in [0.1, 0.15) is 27.9 Å². The van der Waals surface area contributed by atoms with Crippen LogP contribution >= 0.6 is 11.3 Å². The maximum absolute atomic E-state index is 12.5. The molecule has 1 heterocycles. The minimum atomic E-state index is -4.36. The highest BCUT2D eigenvalue weighted by Crippen LogP contribution is 2.35. The minimum absolute atomic E-state index is 0.108. The van der Waals surface area contributed by atoms with Gasteiger partial charge in [0.05, 0.1) is 0 Å². The maximum atomic E-state index is 12.5. The topological polar surface area (TPSA) is 24.9 Å². The highest BCUT2D eigenvalue weighted by atomic mass is 32.1. The number of nitrogens with one attached hydrogen (secondary N) is 1. The molecule has 0 spiro atoms. The van der Waals surface area contributed by atoms with Gasteiger partial charge in [-0.1, -0.05) is 30.3 Å². The zero-order valence-corrected chi connectivity index (χ0v) is 11.8. The van der Waals surface area contributed by atoms with Gasteiger partial charge in [0, 0.05) is 17.1 Å². The first kappa shape index (κ1) is 15.0. The van der Waals surface area contributed by atoms with Crippen molar-refractivity contribution in [2.75, 3.05) is 7.05 Å². The number of hydrogen-bond acceptors (Lipinski definition) is 3. The molecule has 6 heteroatoms. The first-order valence-electron chi connectivity index (χ1n) is 6.25. The van der Waals surface area contributed by atoms with E-state index in [4.69, 9.17) is 0 Å². The van der Waals surface area contributed by atoms with Crippen molar-refractivity contribution < 1.29 is 13.2 Å². The van der Waals surface area contributed by atoms with E-state index in [9.17, 15) is 13.2 Å². The molecule has 0 fully saturated rings. The van der Waals surface area contributed by atoms with Crippen molar-refractivity contribution in [3.8, 4) is 0 Å². The number of rotatable bonds is 5. The van der Waals surface area contributed by atoms with Gasteiger partial charge in [-0.3, -0.25) is 0 Å². The molecule has 1 aromatic heterocycles. The Labute approximate surface area is 119 Å². The van der Waals surface area contributed by atoms with E-state index in [1.54, 1.807) is 7.05 Å². The van der Waals surface area contributed by atoms with Crippen LogP contribution < -0.4 is 5.32 Å². The van der Waals surface area contributed by atoms with Gasteiger partial charge in [0.15, 0.2) is 5.01 Å². The molecule has 2 nitrogen and oxygen atoms in total. The van der Waals surface area contributed by atoms with Gasteiger partial charge in [-0.2, -0.15) is 13.2 Å². The van der Waals surface area contributed by atoms with Crippen molar-refractivity contribution in [3.05, 3.63) is 52.0 Å². The molecule has 1 N–H and O–H groups in total. The standard InChI is InChI=1S/C14H15F3N2S/c1-18-11(8-7-10-5-3-2-4-6-10)12-9-19-13(20-12)14(15,16)17/h2-6,9,11,18H,7-8H2,1H3. The lowest BCUT2D eigenvalue weighted by molar-refractivity contribution is -0.137. The zero-order chi connectivity index (χ0) is 14.6. The Balaban J connectivity index is 2.03. The number of halogens is 3. The van der Waals surface area contributed by atoms with Crippen LogP contribution in [-0.2, 0) is 12.6 Å². The number of aryl methyl sites for hydroxylation is 1. The summed E-state index contributed by atoms with van der Waals surface area (Å²) in [6.07, 6.45) is -1.49. The first-order chi connectivity index (χ1) is 9.50. The van der Waals surface area contributed by atoms with Gasteiger partial charge in [0.1, 0.15) is 0 Å². The second-order valence-electron chi connectivity index (χ2n) is 4.43. The summed E-state index contributed by atoms with van der Waals surface area (Å²) in [6, 6.07) is 9.78. The van der Waals surface area contributed by atoms with Crippen LogP contribution in [0.4, 0.5) is 13.2 Å². The number of aromatic nitrogens is 1. The van der Waals surface area contributed by atoms with Crippen molar-refractivity contribution in [2.24, 2.45) is 0 Å². The Morgan fingerprint density at radius 3 is 2.50 bits per heavy atom. The van der Waals surface area contributed by atoms with Gasteiger partial charge in [0.2, 0.25) is 0 Å². The van der Waals surface area contributed by atoms with Crippen LogP contribution in [0.15, 0.2) is 36.5 Å². The van der Waals surface area contributed by atoms with E-state index in [0.717, 1.165) is 12.8 Å². The van der Waals surface area contributed by atoms with Crippen molar-refractivity contribution in [2.45, 2.75) is 25.1 Å². The number of thiazole rings is 1. The molecular weight excluding hydrogens is 285 g/mol. The van der Waals surface area contributed by atoms with Gasteiger partial charge >= 0.3 is 6.18 Å². The fourth-order valence-electron chi connectivity index (χ4n) is 1.96. The Kier molecular flexibility index (Phi) is 4.77. The smallest absolute Gasteiger partial charge is 0.312 e. The van der Waals surface area contributed by atoms with E-state index >= 15 is 0 Å². The summed E-state index contributed by atoms with van der Waals surface area (Å²) < 4.78 is 37.6. The zero-order valence-electron chi connectivity index (χ0n) is 10.9. The van der Waals surface area contributed by atoms with E-state index < -0.39 is 11.2 Å². The first-order valence-corrected chi connectivity index (χ1v) is 7.06. The molecule has 1 aromatic carbocycles. The highest BCUT2D eigenvalue weighted by Gasteiger charge is 2.35. The number of benzene rings is 1. The molecule has 1 unspecified atom stereocenters. The average molecular weight is 300 g/mol. The predicted octanol–water partition coefficient (Wildman–Crippen LogP) is 4.06. The van der Waals surface area contributed by atoms with E-state index in [0.29, 0.717) is 16.2 Å². The lowest BCUT2D eigenvalue weighted by Gasteiger charge is -2.13. The van der Waals surface area contributed by atoms with Crippen molar-refractivity contribution in [1.82, 2.24) is 10.3 Å². The fourth-order valence-corrected chi connectivity index (χ4v) is 2.89. The summed E-state index contributed by atoms with van der Waals surface area (Å²) >= 11 is 0.709. The summed E-state index contributed by atoms with van der Waals surface area (Å²) in [5.41, 5.74) is 1.17. The van der Waals surface area contributed by atoms with E-state index in [1.807, 2.05) is 30.3 Å². The maximum Gasteiger partial charge on any atom is 0.443 e.